The molecule has 17 heteroatoms. The molecule has 3 aliphatic heterocycles. The predicted octanol–water partition coefficient (Wildman–Crippen LogP) is 6.48. The van der Waals surface area contributed by atoms with Crippen LogP contribution in [0.25, 0.3) is 33.1 Å². The average molecular weight is 728 g/mol. The highest BCUT2D eigenvalue weighted by molar-refractivity contribution is 6.02. The normalized spacial score (nSPS) is 20.6. The molecule has 0 amide bonds. The first-order valence-electron chi connectivity index (χ1n) is 17.0. The summed E-state index contributed by atoms with van der Waals surface area (Å²) in [5.41, 5.74) is 7.11. The van der Waals surface area contributed by atoms with E-state index in [0.717, 1.165) is 13.0 Å². The van der Waals surface area contributed by atoms with Crippen LogP contribution < -0.4 is 24.8 Å². The number of H-pyrrole nitrogens is 1. The van der Waals surface area contributed by atoms with Gasteiger partial charge in [0.15, 0.2) is 12.4 Å². The topological polar surface area (TPSA) is 140 Å². The van der Waals surface area contributed by atoms with E-state index in [0.29, 0.717) is 40.4 Å². The molecule has 3 unspecified atom stereocenters. The molecule has 0 saturated carbocycles. The number of nitrogens with zero attached hydrogens (tertiary/aromatic N) is 7. The van der Waals surface area contributed by atoms with Gasteiger partial charge >= 0.3 is 12.2 Å². The van der Waals surface area contributed by atoms with Crippen LogP contribution >= 0.6 is 0 Å². The van der Waals surface area contributed by atoms with E-state index in [9.17, 15) is 17.6 Å². The number of nitrogens with two attached hydrogens (primary N) is 1. The van der Waals surface area contributed by atoms with Gasteiger partial charge in [-0.2, -0.15) is 28.2 Å². The molecule has 4 atom stereocenters. The molecule has 3 N–H and O–H groups in total. The molecule has 2 saturated heterocycles. The van der Waals surface area contributed by atoms with Gasteiger partial charge in [-0.25, -0.2) is 18.7 Å². The maximum Gasteiger partial charge on any atom is 0.422 e. The number of nitrogens with one attached hydrogen (secondary N) is 1. The zero-order chi connectivity index (χ0) is 36.9. The van der Waals surface area contributed by atoms with E-state index in [2.05, 4.69) is 35.0 Å². The maximum atomic E-state index is 16.7. The fraction of sp³-hybridized carbons (Fsp3) is 0.457. The number of benzene rings is 1. The summed E-state index contributed by atoms with van der Waals surface area (Å²) in [5, 5.41) is 7.23. The minimum absolute atomic E-state index is 0.00955. The molecule has 5 aromatic rings. The lowest BCUT2D eigenvalue weighted by molar-refractivity contribution is -0.153. The third kappa shape index (κ3) is 6.57. The van der Waals surface area contributed by atoms with Gasteiger partial charge in [-0.3, -0.25) is 10.00 Å². The van der Waals surface area contributed by atoms with Gasteiger partial charge in [-0.15, -0.1) is 0 Å². The smallest absolute Gasteiger partial charge is 0.422 e. The van der Waals surface area contributed by atoms with Gasteiger partial charge in [0.1, 0.15) is 46.8 Å². The molecule has 8 rings (SSSR count). The Morgan fingerprint density at radius 2 is 2.02 bits per heavy atom. The Morgan fingerprint density at radius 1 is 1.21 bits per heavy atom. The highest BCUT2D eigenvalue weighted by Crippen LogP contribution is 2.46. The average Bonchev–Trinajstić information content (AvgIpc) is 3.81. The first-order valence-corrected chi connectivity index (χ1v) is 17.0. The van der Waals surface area contributed by atoms with Crippen molar-refractivity contribution < 1.29 is 36.2 Å². The van der Waals surface area contributed by atoms with E-state index < -0.39 is 30.8 Å². The second kappa shape index (κ2) is 13.8. The zero-order valence-electron chi connectivity index (χ0n) is 29.0. The Bertz CT molecular complexity index is 2100. The minimum Gasteiger partial charge on any atom is -0.483 e. The molecule has 7 heterocycles. The van der Waals surface area contributed by atoms with E-state index in [1.807, 2.05) is 24.8 Å². The lowest BCUT2D eigenvalue weighted by atomic mass is 10.00. The predicted molar refractivity (Wildman–Crippen MR) is 184 cm³/mol. The lowest BCUT2D eigenvalue weighted by Gasteiger charge is -2.34. The molecule has 2 fully saturated rings. The first-order chi connectivity index (χ1) is 24.8. The Balaban J connectivity index is 0.000000404. The summed E-state index contributed by atoms with van der Waals surface area (Å²) >= 11 is 0. The zero-order valence-corrected chi connectivity index (χ0v) is 29.0. The van der Waals surface area contributed by atoms with Crippen molar-refractivity contribution in [2.24, 2.45) is 0 Å². The number of alkyl halides is 4. The number of hydrogen-bond acceptors (Lipinski definition) is 11. The van der Waals surface area contributed by atoms with Crippen LogP contribution in [0.15, 0.2) is 30.6 Å². The van der Waals surface area contributed by atoms with Gasteiger partial charge in [0, 0.05) is 29.7 Å². The van der Waals surface area contributed by atoms with Gasteiger partial charge in [0.2, 0.25) is 5.88 Å². The molecule has 0 radical (unpaired) electrons. The number of halogens is 5. The summed E-state index contributed by atoms with van der Waals surface area (Å²) in [6, 6.07) is 4.91. The molecule has 0 bridgehead atoms. The van der Waals surface area contributed by atoms with Gasteiger partial charge < -0.3 is 24.8 Å². The second-order valence-corrected chi connectivity index (χ2v) is 13.3. The molecule has 0 aliphatic carbocycles. The van der Waals surface area contributed by atoms with Gasteiger partial charge in [0.05, 0.1) is 36.5 Å². The van der Waals surface area contributed by atoms with Crippen LogP contribution in [-0.4, -0.2) is 92.9 Å². The van der Waals surface area contributed by atoms with Gasteiger partial charge in [-0.05, 0) is 64.3 Å². The summed E-state index contributed by atoms with van der Waals surface area (Å²) < 4.78 is 85.8. The van der Waals surface area contributed by atoms with E-state index in [1.54, 1.807) is 25.3 Å². The molecule has 3 aliphatic rings. The first kappa shape index (κ1) is 35.3. The summed E-state index contributed by atoms with van der Waals surface area (Å²) in [5.74, 6) is -0.544. The fourth-order valence-corrected chi connectivity index (χ4v) is 7.45. The number of hydrogen-bond donors (Lipinski definition) is 2. The van der Waals surface area contributed by atoms with Crippen LogP contribution in [0.3, 0.4) is 0 Å². The molecular weight excluding hydrogens is 689 g/mol. The SMILES string of the molecule is COc1nc2c3c(nc(-c4c(OCC(F)(F)F)c(C)cc5[nH]ncc45)c(F)c3n1)OC[C@H](C)N2C(C)c1cccnc1N.FC1CC2CCCN2C1. The Hall–Kier alpha value is -5.06. The van der Waals surface area contributed by atoms with Crippen LogP contribution in [0.1, 0.15) is 50.3 Å². The molecular formula is C35H38F5N9O3. The number of fused-ring (bicyclic) bond motifs is 2. The van der Waals surface area contributed by atoms with Crippen molar-refractivity contribution in [2.45, 2.75) is 70.5 Å². The van der Waals surface area contributed by atoms with Crippen molar-refractivity contribution in [3.8, 4) is 28.9 Å². The number of aromatic nitrogens is 6. The standard InChI is InChI=1S/C28H26F4N8O3.C7H12FN/c1-12-8-17-16(9-35-39-17)18(23(12)43-11-28(30,31)32)21-20(29)22-19-25(38-27(37-22)41-4)40(13(2)10-42-26(19)36-21)14(3)15-6-5-7-34-24(15)33;8-6-4-7-2-1-3-9(7)5-6/h5-9,13-14H,10-11H2,1-4H3,(H2,33,34)(H,35,39);6-7H,1-5H2/t13-,14?;/m0./s1. The number of aromatic amines is 1. The van der Waals surface area contributed by atoms with Crippen LogP contribution in [0.4, 0.5) is 33.6 Å². The molecule has 0 spiro atoms. The Labute approximate surface area is 295 Å². The fourth-order valence-electron chi connectivity index (χ4n) is 7.45. The van der Waals surface area contributed by atoms with E-state index in [4.69, 9.17) is 19.9 Å². The molecule has 1 aromatic carbocycles. The number of ether oxygens (including phenoxy) is 3. The number of methoxy groups -OCH3 is 1. The number of pyridine rings is 2. The number of nitrogen functional groups attached to an aromatic ring is 1. The van der Waals surface area contributed by atoms with E-state index in [-0.39, 0.29) is 58.3 Å². The number of rotatable bonds is 6. The van der Waals surface area contributed by atoms with Crippen molar-refractivity contribution >= 4 is 33.4 Å². The maximum absolute atomic E-state index is 16.7. The van der Waals surface area contributed by atoms with Crippen molar-refractivity contribution in [3.63, 3.8) is 0 Å². The van der Waals surface area contributed by atoms with Crippen molar-refractivity contribution in [2.75, 3.05) is 44.0 Å². The number of anilines is 2. The summed E-state index contributed by atoms with van der Waals surface area (Å²) in [6.07, 6.45) is 1.12. The summed E-state index contributed by atoms with van der Waals surface area (Å²) in [4.78, 5) is 21.8. The Kier molecular flexibility index (Phi) is 9.39. The molecule has 276 valence electrons. The van der Waals surface area contributed by atoms with Gasteiger partial charge in [-0.1, -0.05) is 6.07 Å². The van der Waals surface area contributed by atoms with Crippen LogP contribution in [-0.2, 0) is 0 Å². The second-order valence-electron chi connectivity index (χ2n) is 13.3. The highest BCUT2D eigenvalue weighted by Gasteiger charge is 2.37. The molecule has 52 heavy (non-hydrogen) atoms. The van der Waals surface area contributed by atoms with Crippen molar-refractivity contribution in [3.05, 3.63) is 47.5 Å². The minimum atomic E-state index is -4.64. The summed E-state index contributed by atoms with van der Waals surface area (Å²) in [7, 11) is 1.34. The van der Waals surface area contributed by atoms with Crippen molar-refractivity contribution in [1.29, 1.82) is 0 Å². The lowest BCUT2D eigenvalue weighted by Crippen LogP contribution is -2.39. The third-order valence-corrected chi connectivity index (χ3v) is 9.77. The highest BCUT2D eigenvalue weighted by atomic mass is 19.4. The van der Waals surface area contributed by atoms with E-state index in [1.165, 1.54) is 26.1 Å². The van der Waals surface area contributed by atoms with Crippen LogP contribution in [0.5, 0.6) is 17.6 Å². The Morgan fingerprint density at radius 3 is 2.75 bits per heavy atom. The van der Waals surface area contributed by atoms with Crippen molar-refractivity contribution in [1.82, 2.24) is 35.0 Å². The third-order valence-electron chi connectivity index (χ3n) is 9.77. The van der Waals surface area contributed by atoms with Crippen LogP contribution in [0.2, 0.25) is 0 Å². The monoisotopic (exact) mass is 727 g/mol. The van der Waals surface area contributed by atoms with E-state index >= 15 is 4.39 Å². The number of aryl methyl sites for hydroxylation is 1. The largest absolute Gasteiger partial charge is 0.483 e. The molecule has 4 aromatic heterocycles. The molecule has 12 nitrogen and oxygen atoms in total. The summed E-state index contributed by atoms with van der Waals surface area (Å²) in [6.45, 7) is 5.71. The van der Waals surface area contributed by atoms with Crippen LogP contribution in [0, 0.1) is 12.7 Å². The van der Waals surface area contributed by atoms with Gasteiger partial charge in [0.25, 0.3) is 0 Å². The quantitative estimate of drug-likeness (QED) is 0.186.